The highest BCUT2D eigenvalue weighted by Crippen LogP contribution is 2.27. The van der Waals surface area contributed by atoms with Crippen molar-refractivity contribution in [1.29, 1.82) is 0 Å². The summed E-state index contributed by atoms with van der Waals surface area (Å²) in [5.74, 6) is 0.860. The summed E-state index contributed by atoms with van der Waals surface area (Å²) in [4.78, 5) is 0. The second-order valence-corrected chi connectivity index (χ2v) is 3.78. The lowest BCUT2D eigenvalue weighted by molar-refractivity contribution is 0.432. The average molecular weight is 151 g/mol. The topological polar surface area (TPSA) is 12.0 Å². The first-order chi connectivity index (χ1) is 5.45. The highest BCUT2D eigenvalue weighted by Gasteiger charge is 2.14. The van der Waals surface area contributed by atoms with E-state index in [1.807, 2.05) is 0 Å². The minimum Gasteiger partial charge on any atom is -0.316 e. The van der Waals surface area contributed by atoms with Crippen molar-refractivity contribution in [2.45, 2.75) is 32.1 Å². The minimum absolute atomic E-state index is 0.860. The summed E-state index contributed by atoms with van der Waals surface area (Å²) >= 11 is 0. The van der Waals surface area contributed by atoms with Gasteiger partial charge in [0.1, 0.15) is 0 Å². The van der Waals surface area contributed by atoms with Crippen LogP contribution in [0.1, 0.15) is 32.1 Å². The number of nitrogens with one attached hydrogen (secondary N) is 1. The van der Waals surface area contributed by atoms with Crippen LogP contribution in [0, 0.1) is 5.92 Å². The third-order valence-electron chi connectivity index (χ3n) is 2.80. The Kier molecular flexibility index (Phi) is 2.27. The molecule has 62 valence electrons. The Bertz CT molecular complexity index is 148. The molecule has 1 saturated heterocycles. The van der Waals surface area contributed by atoms with Crippen molar-refractivity contribution >= 4 is 0 Å². The molecule has 1 aliphatic heterocycles. The fourth-order valence-corrected chi connectivity index (χ4v) is 1.90. The third-order valence-corrected chi connectivity index (χ3v) is 2.80. The fraction of sp³-hybridized carbons (Fsp3) is 0.800. The van der Waals surface area contributed by atoms with E-state index in [1.165, 1.54) is 45.2 Å². The van der Waals surface area contributed by atoms with Gasteiger partial charge in [-0.3, -0.25) is 0 Å². The van der Waals surface area contributed by atoms with E-state index < -0.39 is 0 Å². The Hall–Kier alpha value is -0.300. The van der Waals surface area contributed by atoms with Crippen LogP contribution in [0.4, 0.5) is 0 Å². The number of hydrogen-bond acceptors (Lipinski definition) is 1. The van der Waals surface area contributed by atoms with Crippen LogP contribution in [0.25, 0.3) is 0 Å². The smallest absolute Gasteiger partial charge is 0.00143 e. The van der Waals surface area contributed by atoms with Gasteiger partial charge in [0.15, 0.2) is 0 Å². The molecule has 2 fully saturated rings. The first kappa shape index (κ1) is 7.35. The van der Waals surface area contributed by atoms with Crippen LogP contribution in [0.2, 0.25) is 0 Å². The van der Waals surface area contributed by atoms with Gasteiger partial charge in [0.05, 0.1) is 0 Å². The molecule has 1 nitrogen and oxygen atoms in total. The molecule has 2 rings (SSSR count). The number of hydrogen-bond donors (Lipinski definition) is 1. The summed E-state index contributed by atoms with van der Waals surface area (Å²) in [6.45, 7) is 2.46. The molecule has 0 spiro atoms. The van der Waals surface area contributed by atoms with Crippen molar-refractivity contribution in [2.24, 2.45) is 5.92 Å². The van der Waals surface area contributed by atoms with Crippen LogP contribution < -0.4 is 5.32 Å². The van der Waals surface area contributed by atoms with Gasteiger partial charge < -0.3 is 5.32 Å². The molecule has 0 aromatic carbocycles. The van der Waals surface area contributed by atoms with Crippen LogP contribution in [0.3, 0.4) is 0 Å². The summed E-state index contributed by atoms with van der Waals surface area (Å²) < 4.78 is 0. The molecule has 1 N–H and O–H groups in total. The molecule has 11 heavy (non-hydrogen) atoms. The highest BCUT2D eigenvalue weighted by atomic mass is 14.9. The third kappa shape index (κ3) is 1.84. The summed E-state index contributed by atoms with van der Waals surface area (Å²) in [6, 6.07) is 0. The first-order valence-corrected chi connectivity index (χ1v) is 4.85. The molecule has 1 unspecified atom stereocenters. The summed E-state index contributed by atoms with van der Waals surface area (Å²) in [7, 11) is 0. The molecule has 0 radical (unpaired) electrons. The standard InChI is InChI=1S/C10H17N/c1-3-9(4-1)7-10-5-2-6-11-8-10/h7,10-11H,1-6,8H2. The maximum absolute atomic E-state index is 3.44. The van der Waals surface area contributed by atoms with Gasteiger partial charge in [0.25, 0.3) is 0 Å². The van der Waals surface area contributed by atoms with Crippen molar-refractivity contribution in [3.8, 4) is 0 Å². The van der Waals surface area contributed by atoms with Crippen molar-refractivity contribution in [3.63, 3.8) is 0 Å². The zero-order valence-electron chi connectivity index (χ0n) is 7.10. The van der Waals surface area contributed by atoms with Crippen molar-refractivity contribution < 1.29 is 0 Å². The molecule has 1 heteroatoms. The predicted molar refractivity (Wildman–Crippen MR) is 47.5 cm³/mol. The molecule has 1 heterocycles. The Morgan fingerprint density at radius 3 is 2.73 bits per heavy atom. The quantitative estimate of drug-likeness (QED) is 0.566. The van der Waals surface area contributed by atoms with Crippen LogP contribution in [-0.4, -0.2) is 13.1 Å². The lowest BCUT2D eigenvalue weighted by atomic mass is 9.87. The molecule has 0 aromatic rings. The van der Waals surface area contributed by atoms with Crippen molar-refractivity contribution in [3.05, 3.63) is 11.6 Å². The zero-order valence-corrected chi connectivity index (χ0v) is 7.10. The summed E-state index contributed by atoms with van der Waals surface area (Å²) in [5, 5.41) is 3.44. The van der Waals surface area contributed by atoms with Gasteiger partial charge in [0.2, 0.25) is 0 Å². The van der Waals surface area contributed by atoms with Crippen LogP contribution in [0.5, 0.6) is 0 Å². The second kappa shape index (κ2) is 3.40. The molecular formula is C10H17N. The normalized spacial score (nSPS) is 31.3. The monoisotopic (exact) mass is 151 g/mol. The van der Waals surface area contributed by atoms with Gasteiger partial charge in [-0.15, -0.1) is 0 Å². The maximum atomic E-state index is 3.44. The molecule has 0 aromatic heterocycles. The molecule has 0 amide bonds. The lowest BCUT2D eigenvalue weighted by Crippen LogP contribution is -2.29. The van der Waals surface area contributed by atoms with Crippen molar-refractivity contribution in [1.82, 2.24) is 5.32 Å². The SMILES string of the molecule is C(=C1CCC1)C1CCCNC1. The Morgan fingerprint density at radius 1 is 1.27 bits per heavy atom. The van der Waals surface area contributed by atoms with E-state index in [4.69, 9.17) is 0 Å². The Labute approximate surface area is 68.9 Å². The van der Waals surface area contributed by atoms with Gasteiger partial charge in [-0.25, -0.2) is 0 Å². The van der Waals surface area contributed by atoms with Gasteiger partial charge in [-0.05, 0) is 44.6 Å². The van der Waals surface area contributed by atoms with Gasteiger partial charge in [-0.1, -0.05) is 11.6 Å². The minimum atomic E-state index is 0.860. The van der Waals surface area contributed by atoms with E-state index in [9.17, 15) is 0 Å². The van der Waals surface area contributed by atoms with Crippen LogP contribution >= 0.6 is 0 Å². The van der Waals surface area contributed by atoms with Gasteiger partial charge >= 0.3 is 0 Å². The largest absolute Gasteiger partial charge is 0.316 e. The number of allylic oxidation sites excluding steroid dienone is 1. The molecule has 1 saturated carbocycles. The van der Waals surface area contributed by atoms with E-state index in [0.717, 1.165) is 5.92 Å². The Morgan fingerprint density at radius 2 is 2.18 bits per heavy atom. The molecule has 1 aliphatic carbocycles. The molecular weight excluding hydrogens is 134 g/mol. The summed E-state index contributed by atoms with van der Waals surface area (Å²) in [6.07, 6.45) is 9.51. The number of rotatable bonds is 1. The molecule has 0 bridgehead atoms. The van der Waals surface area contributed by atoms with E-state index in [-0.39, 0.29) is 0 Å². The highest BCUT2D eigenvalue weighted by molar-refractivity contribution is 5.11. The summed E-state index contributed by atoms with van der Waals surface area (Å²) in [5.41, 5.74) is 1.72. The van der Waals surface area contributed by atoms with Crippen molar-refractivity contribution in [2.75, 3.05) is 13.1 Å². The fourth-order valence-electron chi connectivity index (χ4n) is 1.90. The Balaban J connectivity index is 1.83. The van der Waals surface area contributed by atoms with E-state index in [1.54, 1.807) is 5.57 Å². The van der Waals surface area contributed by atoms with Crippen LogP contribution in [0.15, 0.2) is 11.6 Å². The average Bonchev–Trinajstić information content (AvgIpc) is 1.99. The second-order valence-electron chi connectivity index (χ2n) is 3.78. The van der Waals surface area contributed by atoms with Gasteiger partial charge in [-0.2, -0.15) is 0 Å². The zero-order chi connectivity index (χ0) is 7.52. The predicted octanol–water partition coefficient (Wildman–Crippen LogP) is 2.10. The molecule has 1 atom stereocenters. The van der Waals surface area contributed by atoms with Crippen LogP contribution in [-0.2, 0) is 0 Å². The van der Waals surface area contributed by atoms with Gasteiger partial charge in [0, 0.05) is 6.54 Å². The lowest BCUT2D eigenvalue weighted by Gasteiger charge is -2.24. The van der Waals surface area contributed by atoms with E-state index in [0.29, 0.717) is 0 Å². The van der Waals surface area contributed by atoms with E-state index >= 15 is 0 Å². The van der Waals surface area contributed by atoms with E-state index in [2.05, 4.69) is 11.4 Å². The first-order valence-electron chi connectivity index (χ1n) is 4.85. The molecule has 2 aliphatic rings. The number of piperidine rings is 1. The maximum Gasteiger partial charge on any atom is 0.00143 e.